The van der Waals surface area contributed by atoms with Gasteiger partial charge in [0.2, 0.25) is 0 Å². The van der Waals surface area contributed by atoms with Crippen molar-refractivity contribution in [2.24, 2.45) is 0 Å². The summed E-state index contributed by atoms with van der Waals surface area (Å²) >= 11 is 13.8. The summed E-state index contributed by atoms with van der Waals surface area (Å²) < 4.78 is 24.6. The zero-order valence-electron chi connectivity index (χ0n) is 17.5. The SMILES string of the molecule is COC(=O)c1c(SCc2ccc(F)cc2Cl)nc2ccccc2c1OCc1ccccc1Cl. The predicted octanol–water partition coefficient (Wildman–Crippen LogP) is 7.34. The summed E-state index contributed by atoms with van der Waals surface area (Å²) in [7, 11) is 1.31. The molecule has 0 N–H and O–H groups in total. The minimum atomic E-state index is -0.574. The van der Waals surface area contributed by atoms with E-state index >= 15 is 0 Å². The molecule has 0 unspecified atom stereocenters. The first-order chi connectivity index (χ1) is 16.0. The molecular weight excluding hydrogens is 484 g/mol. The van der Waals surface area contributed by atoms with Crippen LogP contribution in [0.5, 0.6) is 5.75 Å². The van der Waals surface area contributed by atoms with Gasteiger partial charge in [-0.05, 0) is 35.9 Å². The maximum absolute atomic E-state index is 13.4. The number of hydrogen-bond donors (Lipinski definition) is 0. The van der Waals surface area contributed by atoms with Crippen LogP contribution in [0.4, 0.5) is 4.39 Å². The third-order valence-electron chi connectivity index (χ3n) is 4.91. The van der Waals surface area contributed by atoms with Crippen LogP contribution in [0.1, 0.15) is 21.5 Å². The first kappa shape index (κ1) is 23.4. The number of carbonyl (C=O) groups is 1. The number of carbonyl (C=O) groups excluding carboxylic acids is 1. The fourth-order valence-electron chi connectivity index (χ4n) is 3.25. The molecule has 3 aromatic carbocycles. The van der Waals surface area contributed by atoms with Crippen LogP contribution in [0.25, 0.3) is 10.9 Å². The van der Waals surface area contributed by atoms with E-state index in [-0.39, 0.29) is 12.2 Å². The minimum Gasteiger partial charge on any atom is -0.487 e. The molecule has 0 atom stereocenters. The van der Waals surface area contributed by atoms with Gasteiger partial charge < -0.3 is 9.47 Å². The van der Waals surface area contributed by atoms with Gasteiger partial charge in [-0.25, -0.2) is 14.2 Å². The van der Waals surface area contributed by atoms with Crippen molar-refractivity contribution in [2.75, 3.05) is 7.11 Å². The Labute approximate surface area is 204 Å². The maximum atomic E-state index is 13.4. The number of ether oxygens (including phenoxy) is 2. The van der Waals surface area contributed by atoms with Gasteiger partial charge in [0.1, 0.15) is 28.8 Å². The Bertz CT molecular complexity index is 1330. The zero-order valence-corrected chi connectivity index (χ0v) is 19.8. The Morgan fingerprint density at radius 1 is 1.00 bits per heavy atom. The lowest BCUT2D eigenvalue weighted by atomic mass is 10.1. The van der Waals surface area contributed by atoms with Crippen molar-refractivity contribution in [3.05, 3.63) is 99.3 Å². The van der Waals surface area contributed by atoms with Crippen LogP contribution in [-0.4, -0.2) is 18.1 Å². The molecule has 4 aromatic rings. The van der Waals surface area contributed by atoms with E-state index in [0.29, 0.717) is 43.0 Å². The lowest BCUT2D eigenvalue weighted by molar-refractivity contribution is 0.0590. The van der Waals surface area contributed by atoms with Crippen LogP contribution in [0.3, 0.4) is 0 Å². The van der Waals surface area contributed by atoms with Gasteiger partial charge in [0.15, 0.2) is 0 Å². The summed E-state index contributed by atoms with van der Waals surface area (Å²) in [6.07, 6.45) is 0. The van der Waals surface area contributed by atoms with Crippen LogP contribution in [0.15, 0.2) is 71.8 Å². The average Bonchev–Trinajstić information content (AvgIpc) is 2.82. The number of aromatic nitrogens is 1. The molecule has 4 rings (SSSR count). The molecular formula is C25H18Cl2FNO3S. The van der Waals surface area contributed by atoms with Crippen molar-refractivity contribution in [3.63, 3.8) is 0 Å². The van der Waals surface area contributed by atoms with E-state index in [4.69, 9.17) is 32.7 Å². The van der Waals surface area contributed by atoms with Gasteiger partial charge in [-0.2, -0.15) is 0 Å². The van der Waals surface area contributed by atoms with E-state index in [1.807, 2.05) is 42.5 Å². The van der Waals surface area contributed by atoms with Gasteiger partial charge in [-0.1, -0.05) is 59.6 Å². The first-order valence-corrected chi connectivity index (χ1v) is 11.7. The highest BCUT2D eigenvalue weighted by Gasteiger charge is 2.24. The molecule has 33 heavy (non-hydrogen) atoms. The number of esters is 1. The topological polar surface area (TPSA) is 48.4 Å². The Kier molecular flexibility index (Phi) is 7.38. The Morgan fingerprint density at radius 3 is 2.52 bits per heavy atom. The van der Waals surface area contributed by atoms with Crippen LogP contribution >= 0.6 is 35.0 Å². The van der Waals surface area contributed by atoms with E-state index in [0.717, 1.165) is 5.56 Å². The molecule has 1 aromatic heterocycles. The highest BCUT2D eigenvalue weighted by atomic mass is 35.5. The monoisotopic (exact) mass is 501 g/mol. The third-order valence-corrected chi connectivity index (χ3v) is 6.66. The van der Waals surface area contributed by atoms with Crippen LogP contribution in [-0.2, 0) is 17.1 Å². The summed E-state index contributed by atoms with van der Waals surface area (Å²) in [4.78, 5) is 17.5. The van der Waals surface area contributed by atoms with Crippen LogP contribution < -0.4 is 4.74 Å². The van der Waals surface area contributed by atoms with Gasteiger partial charge in [-0.15, -0.1) is 11.8 Å². The van der Waals surface area contributed by atoms with E-state index in [2.05, 4.69) is 4.98 Å². The molecule has 4 nitrogen and oxygen atoms in total. The number of nitrogens with zero attached hydrogens (tertiary/aromatic N) is 1. The van der Waals surface area contributed by atoms with Gasteiger partial charge in [0.25, 0.3) is 0 Å². The number of rotatable bonds is 7. The van der Waals surface area contributed by atoms with E-state index < -0.39 is 11.8 Å². The number of thioether (sulfide) groups is 1. The van der Waals surface area contributed by atoms with Crippen molar-refractivity contribution < 1.29 is 18.7 Å². The molecule has 0 saturated carbocycles. The summed E-state index contributed by atoms with van der Waals surface area (Å²) in [6, 6.07) is 18.9. The minimum absolute atomic E-state index is 0.158. The Morgan fingerprint density at radius 2 is 1.76 bits per heavy atom. The molecule has 0 radical (unpaired) electrons. The second-order valence-corrected chi connectivity index (χ2v) is 8.81. The molecule has 0 spiro atoms. The highest BCUT2D eigenvalue weighted by Crippen LogP contribution is 2.38. The number of pyridine rings is 1. The van der Waals surface area contributed by atoms with E-state index in [1.54, 1.807) is 12.1 Å². The average molecular weight is 502 g/mol. The standard InChI is InChI=1S/C25H18Cl2FNO3S/c1-31-25(30)22-23(32-13-15-6-2-4-8-19(15)26)18-7-3-5-9-21(18)29-24(22)33-14-16-10-11-17(28)12-20(16)27/h2-12H,13-14H2,1H3. The number of halogens is 3. The summed E-state index contributed by atoms with van der Waals surface area (Å²) in [5.74, 6) is -0.253. The molecule has 0 aliphatic carbocycles. The lowest BCUT2D eigenvalue weighted by Crippen LogP contribution is -2.10. The molecule has 0 fully saturated rings. The molecule has 0 amide bonds. The fourth-order valence-corrected chi connectivity index (χ4v) is 4.78. The first-order valence-electron chi connectivity index (χ1n) is 9.92. The van der Waals surface area contributed by atoms with Crippen molar-refractivity contribution in [3.8, 4) is 5.75 Å². The number of fused-ring (bicyclic) bond motifs is 1. The number of para-hydroxylation sites is 1. The zero-order chi connectivity index (χ0) is 23.4. The van der Waals surface area contributed by atoms with Crippen molar-refractivity contribution in [1.29, 1.82) is 0 Å². The molecule has 0 saturated heterocycles. The van der Waals surface area contributed by atoms with E-state index in [9.17, 15) is 9.18 Å². The second-order valence-electron chi connectivity index (χ2n) is 7.03. The van der Waals surface area contributed by atoms with Crippen LogP contribution in [0.2, 0.25) is 10.0 Å². The van der Waals surface area contributed by atoms with Crippen molar-refractivity contribution >= 4 is 51.8 Å². The normalized spacial score (nSPS) is 10.9. The smallest absolute Gasteiger partial charge is 0.344 e. The summed E-state index contributed by atoms with van der Waals surface area (Å²) in [6.45, 7) is 0.158. The molecule has 0 aliphatic heterocycles. The van der Waals surface area contributed by atoms with E-state index in [1.165, 1.54) is 31.0 Å². The molecule has 0 aliphatic rings. The summed E-state index contributed by atoms with van der Waals surface area (Å²) in [5.41, 5.74) is 2.37. The Balaban J connectivity index is 1.77. The lowest BCUT2D eigenvalue weighted by Gasteiger charge is -2.17. The molecule has 0 bridgehead atoms. The molecule has 1 heterocycles. The van der Waals surface area contributed by atoms with Gasteiger partial charge in [0, 0.05) is 26.7 Å². The van der Waals surface area contributed by atoms with Crippen molar-refractivity contribution in [2.45, 2.75) is 17.4 Å². The quantitative estimate of drug-likeness (QED) is 0.196. The Hall–Kier alpha value is -2.80. The molecule has 8 heteroatoms. The highest BCUT2D eigenvalue weighted by molar-refractivity contribution is 7.98. The number of methoxy groups -OCH3 is 1. The van der Waals surface area contributed by atoms with Gasteiger partial charge in [0.05, 0.1) is 12.6 Å². The maximum Gasteiger partial charge on any atom is 0.344 e. The fraction of sp³-hybridized carbons (Fsp3) is 0.120. The number of hydrogen-bond acceptors (Lipinski definition) is 5. The molecule has 168 valence electrons. The van der Waals surface area contributed by atoms with Gasteiger partial charge >= 0.3 is 5.97 Å². The summed E-state index contributed by atoms with van der Waals surface area (Å²) in [5, 5.41) is 1.97. The van der Waals surface area contributed by atoms with Crippen LogP contribution in [0, 0.1) is 5.82 Å². The number of benzene rings is 3. The largest absolute Gasteiger partial charge is 0.487 e. The van der Waals surface area contributed by atoms with Gasteiger partial charge in [-0.3, -0.25) is 0 Å². The predicted molar refractivity (Wildman–Crippen MR) is 130 cm³/mol. The van der Waals surface area contributed by atoms with Crippen molar-refractivity contribution in [1.82, 2.24) is 4.98 Å². The third kappa shape index (κ3) is 5.24. The second kappa shape index (κ2) is 10.4.